The van der Waals surface area contributed by atoms with E-state index in [-0.39, 0.29) is 0 Å². The zero-order chi connectivity index (χ0) is 9.26. The molecular weight excluding hydrogens is 182 g/mol. The number of hydrogen-bond acceptors (Lipinski definition) is 4. The Hall–Kier alpha value is -0.450. The highest BCUT2D eigenvalue weighted by atomic mass is 32.1. The normalized spacial score (nSPS) is 20.2. The fraction of sp³-hybridized carbons (Fsp3) is 0.667. The molecule has 1 aliphatic heterocycles. The summed E-state index contributed by atoms with van der Waals surface area (Å²) in [7, 11) is 2.19. The van der Waals surface area contributed by atoms with Gasteiger partial charge in [0.1, 0.15) is 0 Å². The third kappa shape index (κ3) is 1.75. The van der Waals surface area contributed by atoms with Crippen LogP contribution in [0.3, 0.4) is 0 Å². The van der Waals surface area contributed by atoms with Gasteiger partial charge in [-0.1, -0.05) is 0 Å². The Labute approximate surface area is 82.8 Å². The molecule has 0 saturated carbocycles. The van der Waals surface area contributed by atoms with Crippen LogP contribution < -0.4 is 5.32 Å². The van der Waals surface area contributed by atoms with Crippen LogP contribution in [0.2, 0.25) is 0 Å². The average Bonchev–Trinajstić information content (AvgIpc) is 2.51. The third-order valence-electron chi connectivity index (χ3n) is 2.81. The van der Waals surface area contributed by atoms with Crippen LogP contribution in [0.15, 0.2) is 11.7 Å². The number of thiazole rings is 1. The van der Waals surface area contributed by atoms with Crippen LogP contribution in [0.25, 0.3) is 0 Å². The van der Waals surface area contributed by atoms with Gasteiger partial charge >= 0.3 is 0 Å². The second kappa shape index (κ2) is 3.74. The molecule has 1 fully saturated rings. The van der Waals surface area contributed by atoms with Gasteiger partial charge in [0.15, 0.2) is 0 Å². The summed E-state index contributed by atoms with van der Waals surface area (Å²) in [4.78, 5) is 7.88. The summed E-state index contributed by atoms with van der Waals surface area (Å²) < 4.78 is 0. The van der Waals surface area contributed by atoms with E-state index < -0.39 is 0 Å². The van der Waals surface area contributed by atoms with Crippen molar-refractivity contribution in [3.8, 4) is 0 Å². The first-order valence-electron chi connectivity index (χ1n) is 4.60. The minimum Gasteiger partial charge on any atom is -0.314 e. The monoisotopic (exact) mass is 197 g/mol. The highest BCUT2D eigenvalue weighted by Gasteiger charge is 2.26. The van der Waals surface area contributed by atoms with Crippen LogP contribution in [0, 0.1) is 0 Å². The molecule has 3 nitrogen and oxygen atoms in total. The van der Waals surface area contributed by atoms with Gasteiger partial charge in [-0.2, -0.15) is 0 Å². The van der Waals surface area contributed by atoms with E-state index in [1.807, 2.05) is 11.7 Å². The Morgan fingerprint density at radius 1 is 1.69 bits per heavy atom. The van der Waals surface area contributed by atoms with Gasteiger partial charge in [0, 0.05) is 36.2 Å². The van der Waals surface area contributed by atoms with Gasteiger partial charge in [0.2, 0.25) is 0 Å². The quantitative estimate of drug-likeness (QED) is 0.786. The summed E-state index contributed by atoms with van der Waals surface area (Å²) >= 11 is 1.74. The molecule has 1 unspecified atom stereocenters. The van der Waals surface area contributed by atoms with E-state index in [0.29, 0.717) is 12.1 Å². The summed E-state index contributed by atoms with van der Waals surface area (Å²) in [6, 6.07) is 1.21. The van der Waals surface area contributed by atoms with Crippen molar-refractivity contribution in [1.29, 1.82) is 0 Å². The summed E-state index contributed by atoms with van der Waals surface area (Å²) in [6.45, 7) is 4.49. The first-order chi connectivity index (χ1) is 6.29. The smallest absolute Gasteiger partial charge is 0.0794 e. The Morgan fingerprint density at radius 3 is 2.92 bits per heavy atom. The zero-order valence-electron chi connectivity index (χ0n) is 8.03. The average molecular weight is 197 g/mol. The highest BCUT2D eigenvalue weighted by Crippen LogP contribution is 2.24. The Balaban J connectivity index is 1.99. The fourth-order valence-electron chi connectivity index (χ4n) is 1.51. The molecule has 4 heteroatoms. The van der Waals surface area contributed by atoms with E-state index in [1.165, 1.54) is 4.88 Å². The largest absolute Gasteiger partial charge is 0.314 e. The van der Waals surface area contributed by atoms with E-state index in [4.69, 9.17) is 0 Å². The summed E-state index contributed by atoms with van der Waals surface area (Å²) in [6.07, 6.45) is 1.97. The molecule has 1 aromatic rings. The SMILES string of the molecule is CC(c1cncs1)N(C)C1CNC1. The lowest BCUT2D eigenvalue weighted by Crippen LogP contribution is -2.56. The van der Waals surface area contributed by atoms with Crippen molar-refractivity contribution in [2.24, 2.45) is 0 Å². The molecule has 2 rings (SSSR count). The molecule has 1 aromatic heterocycles. The molecular formula is C9H15N3S. The number of nitrogens with one attached hydrogen (secondary N) is 1. The Bertz CT molecular complexity index is 256. The van der Waals surface area contributed by atoms with Crippen LogP contribution in [0.5, 0.6) is 0 Å². The minimum atomic E-state index is 0.500. The van der Waals surface area contributed by atoms with E-state index in [0.717, 1.165) is 13.1 Å². The number of nitrogens with zero attached hydrogens (tertiary/aromatic N) is 2. The molecule has 1 saturated heterocycles. The second-order valence-corrected chi connectivity index (χ2v) is 4.48. The molecule has 72 valence electrons. The van der Waals surface area contributed by atoms with Crippen molar-refractivity contribution in [2.45, 2.75) is 19.0 Å². The van der Waals surface area contributed by atoms with Crippen molar-refractivity contribution in [3.63, 3.8) is 0 Å². The number of likely N-dealkylation sites (N-methyl/N-ethyl adjacent to an activating group) is 1. The van der Waals surface area contributed by atoms with Crippen LogP contribution >= 0.6 is 11.3 Å². The van der Waals surface area contributed by atoms with Gasteiger partial charge in [-0.3, -0.25) is 9.88 Å². The lowest BCUT2D eigenvalue weighted by atomic mass is 10.1. The van der Waals surface area contributed by atoms with Crippen LogP contribution in [0.1, 0.15) is 17.8 Å². The number of rotatable bonds is 3. The lowest BCUT2D eigenvalue weighted by Gasteiger charge is -2.38. The van der Waals surface area contributed by atoms with Gasteiger partial charge in [0.05, 0.1) is 5.51 Å². The summed E-state index contributed by atoms with van der Waals surface area (Å²) in [5.41, 5.74) is 1.90. The third-order valence-corrected chi connectivity index (χ3v) is 3.76. The number of hydrogen-bond donors (Lipinski definition) is 1. The molecule has 0 amide bonds. The maximum Gasteiger partial charge on any atom is 0.0794 e. The predicted octanol–water partition coefficient (Wildman–Crippen LogP) is 1.11. The van der Waals surface area contributed by atoms with Gasteiger partial charge in [0.25, 0.3) is 0 Å². The van der Waals surface area contributed by atoms with Crippen molar-refractivity contribution in [3.05, 3.63) is 16.6 Å². The molecule has 0 radical (unpaired) electrons. The van der Waals surface area contributed by atoms with Crippen molar-refractivity contribution < 1.29 is 0 Å². The Morgan fingerprint density at radius 2 is 2.46 bits per heavy atom. The van der Waals surface area contributed by atoms with Gasteiger partial charge in [-0.15, -0.1) is 11.3 Å². The van der Waals surface area contributed by atoms with Crippen LogP contribution in [-0.2, 0) is 0 Å². The van der Waals surface area contributed by atoms with Crippen molar-refractivity contribution in [2.75, 3.05) is 20.1 Å². The first-order valence-corrected chi connectivity index (χ1v) is 5.48. The molecule has 0 bridgehead atoms. The molecule has 1 N–H and O–H groups in total. The Kier molecular flexibility index (Phi) is 2.62. The predicted molar refractivity (Wildman–Crippen MR) is 54.9 cm³/mol. The lowest BCUT2D eigenvalue weighted by molar-refractivity contribution is 0.138. The van der Waals surface area contributed by atoms with Gasteiger partial charge < -0.3 is 5.32 Å². The van der Waals surface area contributed by atoms with Crippen molar-refractivity contribution in [1.82, 2.24) is 15.2 Å². The fourth-order valence-corrected chi connectivity index (χ4v) is 2.24. The van der Waals surface area contributed by atoms with Crippen LogP contribution in [0.4, 0.5) is 0 Å². The summed E-state index contributed by atoms with van der Waals surface area (Å²) in [5, 5.41) is 3.29. The molecule has 2 heterocycles. The second-order valence-electron chi connectivity index (χ2n) is 3.56. The number of aromatic nitrogens is 1. The topological polar surface area (TPSA) is 28.2 Å². The van der Waals surface area contributed by atoms with Crippen molar-refractivity contribution >= 4 is 11.3 Å². The van der Waals surface area contributed by atoms with Gasteiger partial charge in [-0.05, 0) is 14.0 Å². The molecule has 0 aromatic carbocycles. The minimum absolute atomic E-state index is 0.500. The molecule has 1 aliphatic rings. The van der Waals surface area contributed by atoms with E-state index in [1.54, 1.807) is 11.3 Å². The molecule has 13 heavy (non-hydrogen) atoms. The molecule has 1 atom stereocenters. The summed E-state index contributed by atoms with van der Waals surface area (Å²) in [5.74, 6) is 0. The van der Waals surface area contributed by atoms with Crippen LogP contribution in [-0.4, -0.2) is 36.1 Å². The van der Waals surface area contributed by atoms with E-state index >= 15 is 0 Å². The standard InChI is InChI=1S/C9H15N3S/c1-7(9-5-11-6-13-9)12(2)8-3-10-4-8/h5-8,10H,3-4H2,1-2H3. The van der Waals surface area contributed by atoms with Gasteiger partial charge in [-0.25, -0.2) is 0 Å². The maximum atomic E-state index is 4.11. The maximum absolute atomic E-state index is 4.11. The van der Waals surface area contributed by atoms with E-state index in [2.05, 4.69) is 29.2 Å². The zero-order valence-corrected chi connectivity index (χ0v) is 8.84. The first kappa shape index (κ1) is 9.12. The highest BCUT2D eigenvalue weighted by molar-refractivity contribution is 7.09. The van der Waals surface area contributed by atoms with E-state index in [9.17, 15) is 0 Å². The molecule has 0 aliphatic carbocycles. The molecule has 0 spiro atoms.